The lowest BCUT2D eigenvalue weighted by atomic mass is 10.1. The van der Waals surface area contributed by atoms with Crippen LogP contribution in [0, 0.1) is 27.7 Å². The van der Waals surface area contributed by atoms with Crippen LogP contribution in [0.25, 0.3) is 11.3 Å². The Hall–Kier alpha value is -1.87. The Labute approximate surface area is 252 Å². The van der Waals surface area contributed by atoms with E-state index in [0.29, 0.717) is 5.33 Å². The minimum absolute atomic E-state index is 0.103. The van der Waals surface area contributed by atoms with E-state index < -0.39 is 0 Å². The molecule has 4 rings (SSSR count). The minimum Gasteiger partial charge on any atom is -0.342 e. The highest BCUT2D eigenvalue weighted by Crippen LogP contribution is 2.24. The molecule has 0 unspecified atom stereocenters. The van der Waals surface area contributed by atoms with Crippen LogP contribution >= 0.6 is 63.7 Å². The number of aromatic nitrogens is 2. The van der Waals surface area contributed by atoms with Crippen molar-refractivity contribution in [1.82, 2.24) is 9.97 Å². The first-order valence-electron chi connectivity index (χ1n) is 11.3. The van der Waals surface area contributed by atoms with Gasteiger partial charge in [-0.2, -0.15) is 0 Å². The van der Waals surface area contributed by atoms with Gasteiger partial charge in [-0.1, -0.05) is 100 Å². The fourth-order valence-corrected chi connectivity index (χ4v) is 4.44. The second kappa shape index (κ2) is 14.9. The number of carbonyl (C=O) groups excluding carboxylic acids is 2. The van der Waals surface area contributed by atoms with Gasteiger partial charge in [0.2, 0.25) is 0 Å². The molecule has 0 spiro atoms. The van der Waals surface area contributed by atoms with E-state index in [4.69, 9.17) is 0 Å². The van der Waals surface area contributed by atoms with Crippen molar-refractivity contribution < 1.29 is 9.59 Å². The number of nitrogens with zero attached hydrogens (tertiary/aromatic N) is 1. The summed E-state index contributed by atoms with van der Waals surface area (Å²) >= 11 is 13.4. The molecule has 0 saturated carbocycles. The van der Waals surface area contributed by atoms with Gasteiger partial charge in [-0.15, -0.1) is 0 Å². The lowest BCUT2D eigenvalue weighted by Crippen LogP contribution is -1.99. The highest BCUT2D eigenvalue weighted by molar-refractivity contribution is 9.11. The van der Waals surface area contributed by atoms with Crippen LogP contribution in [0.2, 0.25) is 0 Å². The number of alkyl halides is 1. The summed E-state index contributed by atoms with van der Waals surface area (Å²) in [7, 11) is 0. The summed E-state index contributed by atoms with van der Waals surface area (Å²) in [5, 5.41) is 0.377. The molecule has 194 valence electrons. The number of carbonyl (C=O) groups is 2. The van der Waals surface area contributed by atoms with Crippen molar-refractivity contribution in [3.63, 3.8) is 0 Å². The molecule has 3 aromatic carbocycles. The molecule has 0 aliphatic heterocycles. The second-order valence-electron chi connectivity index (χ2n) is 8.39. The molecule has 0 radical (unpaired) electrons. The molecule has 8 heteroatoms. The van der Waals surface area contributed by atoms with Crippen molar-refractivity contribution in [1.29, 1.82) is 0 Å². The quantitative estimate of drug-likeness (QED) is 0.167. The maximum atomic E-state index is 11.2. The zero-order valence-electron chi connectivity index (χ0n) is 21.3. The van der Waals surface area contributed by atoms with Crippen molar-refractivity contribution >= 4 is 75.3 Å². The van der Waals surface area contributed by atoms with E-state index in [0.717, 1.165) is 52.8 Å². The van der Waals surface area contributed by atoms with Crippen LogP contribution in [0.3, 0.4) is 0 Å². The molecule has 0 bridgehead atoms. The summed E-state index contributed by atoms with van der Waals surface area (Å²) in [4.78, 5) is 29.5. The first kappa shape index (κ1) is 31.3. The Kier molecular flexibility index (Phi) is 12.6. The van der Waals surface area contributed by atoms with Gasteiger partial charge in [0, 0.05) is 30.1 Å². The van der Waals surface area contributed by atoms with Gasteiger partial charge < -0.3 is 4.98 Å². The van der Waals surface area contributed by atoms with Crippen LogP contribution in [0.1, 0.15) is 50.2 Å². The summed E-state index contributed by atoms with van der Waals surface area (Å²) in [6, 6.07) is 17.5. The van der Waals surface area contributed by atoms with E-state index in [9.17, 15) is 9.59 Å². The molecule has 0 amide bonds. The van der Waals surface area contributed by atoms with Crippen LogP contribution in [-0.2, 0) is 0 Å². The molecule has 4 nitrogen and oxygen atoms in total. The summed E-state index contributed by atoms with van der Waals surface area (Å²) in [6.07, 6.45) is 1.85. The minimum atomic E-state index is 0.103. The summed E-state index contributed by atoms with van der Waals surface area (Å²) in [5.41, 5.74) is 7.24. The van der Waals surface area contributed by atoms with E-state index in [1.54, 1.807) is 6.92 Å². The normalized spacial score (nSPS) is 10.1. The largest absolute Gasteiger partial charge is 0.342 e. The molecular weight excluding hydrogens is 728 g/mol. The fourth-order valence-electron chi connectivity index (χ4n) is 2.98. The van der Waals surface area contributed by atoms with E-state index >= 15 is 0 Å². The molecule has 1 N–H and O–H groups in total. The van der Waals surface area contributed by atoms with E-state index in [-0.39, 0.29) is 11.6 Å². The lowest BCUT2D eigenvalue weighted by molar-refractivity contribution is 0.101. The van der Waals surface area contributed by atoms with E-state index in [2.05, 4.69) is 98.8 Å². The Morgan fingerprint density at radius 1 is 0.757 bits per heavy atom. The number of nitrogens with one attached hydrogen (secondary N) is 1. The fraction of sp³-hybridized carbons (Fsp3) is 0.207. The SMILES string of the molecule is CC(=O)c1ccc(C)c(Br)c1.Cc1ccc(C(=O)CBr)cc1Br.Cc1ncc(-c2ccc(C)c(Br)c2)[nH]1. The highest BCUT2D eigenvalue weighted by Gasteiger charge is 2.05. The predicted molar refractivity (Wildman–Crippen MR) is 167 cm³/mol. The third kappa shape index (κ3) is 9.74. The van der Waals surface area contributed by atoms with Gasteiger partial charge in [0.25, 0.3) is 0 Å². The molecule has 37 heavy (non-hydrogen) atoms. The van der Waals surface area contributed by atoms with Gasteiger partial charge in [-0.3, -0.25) is 9.59 Å². The number of benzene rings is 3. The maximum Gasteiger partial charge on any atom is 0.173 e. The monoisotopic (exact) mass is 752 g/mol. The number of aromatic amines is 1. The predicted octanol–water partition coefficient (Wildman–Crippen LogP) is 9.75. The molecule has 0 aliphatic rings. The van der Waals surface area contributed by atoms with Gasteiger partial charge in [0.05, 0.1) is 17.2 Å². The van der Waals surface area contributed by atoms with Crippen molar-refractivity contribution in [3.8, 4) is 11.3 Å². The maximum absolute atomic E-state index is 11.2. The summed E-state index contributed by atoms with van der Waals surface area (Å²) in [6.45, 7) is 9.58. The average Bonchev–Trinajstić information content (AvgIpc) is 3.30. The molecule has 1 heterocycles. The van der Waals surface area contributed by atoms with Gasteiger partial charge in [-0.25, -0.2) is 4.98 Å². The summed E-state index contributed by atoms with van der Waals surface area (Å²) in [5.74, 6) is 1.15. The summed E-state index contributed by atoms with van der Waals surface area (Å²) < 4.78 is 3.10. The molecule has 0 aliphatic carbocycles. The molecular formula is C29H28Br4N2O2. The van der Waals surface area contributed by atoms with Crippen LogP contribution in [0.5, 0.6) is 0 Å². The number of ketones is 2. The van der Waals surface area contributed by atoms with Crippen LogP contribution in [0.15, 0.2) is 74.2 Å². The average molecular weight is 756 g/mol. The molecule has 0 saturated heterocycles. The number of hydrogen-bond acceptors (Lipinski definition) is 3. The van der Waals surface area contributed by atoms with Gasteiger partial charge >= 0.3 is 0 Å². The molecule has 0 atom stereocenters. The zero-order valence-corrected chi connectivity index (χ0v) is 27.6. The smallest absolute Gasteiger partial charge is 0.173 e. The first-order valence-corrected chi connectivity index (χ1v) is 14.8. The number of H-pyrrole nitrogens is 1. The number of rotatable bonds is 4. The number of aryl methyl sites for hydroxylation is 4. The Bertz CT molecular complexity index is 1400. The van der Waals surface area contributed by atoms with Crippen molar-refractivity contribution in [3.05, 3.63) is 108 Å². The lowest BCUT2D eigenvalue weighted by Gasteiger charge is -2.01. The standard InChI is InChI=1S/C11H11BrN2.C9H8Br2O.C9H9BrO/c1-7-3-4-9(5-10(7)12)11-6-13-8(2)14-11;1-6-2-3-7(4-8(6)11)9(12)5-10;1-6-3-4-8(7(2)11)5-9(6)10/h3-6H,1-2H3,(H,13,14);2-4H,5H2,1H3;3-5H,1-2H3. The second-order valence-corrected chi connectivity index (χ2v) is 11.5. The Morgan fingerprint density at radius 2 is 1.24 bits per heavy atom. The van der Waals surface area contributed by atoms with Crippen LogP contribution in [0.4, 0.5) is 0 Å². The van der Waals surface area contributed by atoms with Crippen molar-refractivity contribution in [2.45, 2.75) is 34.6 Å². The number of imidazole rings is 1. The van der Waals surface area contributed by atoms with Gasteiger partial charge in [0.1, 0.15) is 5.82 Å². The number of Topliss-reactive ketones (excluding diaryl/α,β-unsaturated/α-hetero) is 2. The zero-order chi connectivity index (χ0) is 27.7. The molecule has 1 aromatic heterocycles. The highest BCUT2D eigenvalue weighted by atomic mass is 79.9. The Balaban J connectivity index is 0.000000197. The first-order chi connectivity index (χ1) is 17.4. The topological polar surface area (TPSA) is 62.8 Å². The van der Waals surface area contributed by atoms with Gasteiger partial charge in [-0.05, 0) is 69.5 Å². The number of hydrogen-bond donors (Lipinski definition) is 1. The van der Waals surface area contributed by atoms with E-state index in [1.807, 2.05) is 63.4 Å². The third-order valence-electron chi connectivity index (χ3n) is 5.38. The Morgan fingerprint density at radius 3 is 1.68 bits per heavy atom. The van der Waals surface area contributed by atoms with Gasteiger partial charge in [0.15, 0.2) is 11.6 Å². The van der Waals surface area contributed by atoms with Crippen LogP contribution in [-0.4, -0.2) is 26.9 Å². The molecule has 0 fully saturated rings. The van der Waals surface area contributed by atoms with Crippen molar-refractivity contribution in [2.75, 3.05) is 5.33 Å². The third-order valence-corrected chi connectivity index (χ3v) is 8.45. The van der Waals surface area contributed by atoms with Crippen molar-refractivity contribution in [2.24, 2.45) is 0 Å². The van der Waals surface area contributed by atoms with Crippen LogP contribution < -0.4 is 0 Å². The van der Waals surface area contributed by atoms with E-state index in [1.165, 1.54) is 5.56 Å². The number of halogens is 4. The molecule has 4 aromatic rings.